The number of alkyl halides is 1. The van der Waals surface area contributed by atoms with Gasteiger partial charge in [0.1, 0.15) is 0 Å². The maximum Gasteiger partial charge on any atom is 0.0224 e. The normalized spacial score (nSPS) is 36.0. The van der Waals surface area contributed by atoms with Gasteiger partial charge in [0.15, 0.2) is 0 Å². The topological polar surface area (TPSA) is 38.0 Å². The maximum atomic E-state index is 5.71. The van der Waals surface area contributed by atoms with Gasteiger partial charge in [0, 0.05) is 11.9 Å². The highest BCUT2D eigenvalue weighted by atomic mass is 35.5. The smallest absolute Gasteiger partial charge is 0.0224 e. The van der Waals surface area contributed by atoms with E-state index >= 15 is 0 Å². The van der Waals surface area contributed by atoms with E-state index in [1.54, 1.807) is 0 Å². The van der Waals surface area contributed by atoms with Gasteiger partial charge in [0.2, 0.25) is 0 Å². The highest BCUT2D eigenvalue weighted by Gasteiger charge is 2.39. The Labute approximate surface area is 97.9 Å². The summed E-state index contributed by atoms with van der Waals surface area (Å²) in [6, 6.07) is 0.494. The van der Waals surface area contributed by atoms with Crippen molar-refractivity contribution in [1.82, 2.24) is 5.43 Å². The van der Waals surface area contributed by atoms with E-state index in [2.05, 4.69) is 5.43 Å². The van der Waals surface area contributed by atoms with Crippen molar-refractivity contribution in [2.24, 2.45) is 23.6 Å². The zero-order valence-corrected chi connectivity index (χ0v) is 10.2. The number of hydrogen-bond donors (Lipinski definition) is 2. The van der Waals surface area contributed by atoms with E-state index in [-0.39, 0.29) is 0 Å². The number of halogens is 1. The highest BCUT2D eigenvalue weighted by Crippen LogP contribution is 2.49. The average Bonchev–Trinajstić information content (AvgIpc) is 2.85. The molecular weight excluding hydrogens is 208 g/mol. The minimum Gasteiger partial charge on any atom is -0.271 e. The van der Waals surface area contributed by atoms with Crippen LogP contribution in [0.5, 0.6) is 0 Å². The van der Waals surface area contributed by atoms with Crippen LogP contribution in [0.4, 0.5) is 0 Å². The van der Waals surface area contributed by atoms with Crippen LogP contribution in [0, 0.1) is 17.8 Å². The summed E-state index contributed by atoms with van der Waals surface area (Å²) in [5.74, 6) is 9.36. The summed E-state index contributed by atoms with van der Waals surface area (Å²) in [5, 5.41) is 0. The van der Waals surface area contributed by atoms with Crippen LogP contribution < -0.4 is 11.3 Å². The predicted molar refractivity (Wildman–Crippen MR) is 64.6 cm³/mol. The largest absolute Gasteiger partial charge is 0.271 e. The average molecular weight is 231 g/mol. The van der Waals surface area contributed by atoms with Gasteiger partial charge in [0.25, 0.3) is 0 Å². The minimum absolute atomic E-state index is 0.494. The Balaban J connectivity index is 1.74. The summed E-state index contributed by atoms with van der Waals surface area (Å²) in [6.45, 7) is 0. The Kier molecular flexibility index (Phi) is 4.30. The molecule has 2 fully saturated rings. The molecule has 2 bridgehead atoms. The molecule has 0 saturated heterocycles. The Morgan fingerprint density at radius 3 is 2.73 bits per heavy atom. The maximum absolute atomic E-state index is 5.71. The first-order valence-corrected chi connectivity index (χ1v) is 6.89. The minimum atomic E-state index is 0.494. The number of rotatable bonds is 6. The van der Waals surface area contributed by atoms with Crippen molar-refractivity contribution in [3.8, 4) is 0 Å². The van der Waals surface area contributed by atoms with E-state index < -0.39 is 0 Å². The molecule has 3 heteroatoms. The monoisotopic (exact) mass is 230 g/mol. The molecule has 15 heavy (non-hydrogen) atoms. The van der Waals surface area contributed by atoms with Crippen LogP contribution in [-0.4, -0.2) is 11.9 Å². The van der Waals surface area contributed by atoms with Crippen molar-refractivity contribution < 1.29 is 0 Å². The summed E-state index contributed by atoms with van der Waals surface area (Å²) >= 11 is 5.71. The molecule has 2 rings (SSSR count). The molecule has 0 aromatic rings. The van der Waals surface area contributed by atoms with Crippen molar-refractivity contribution in [2.75, 3.05) is 5.88 Å². The van der Waals surface area contributed by atoms with Gasteiger partial charge in [-0.15, -0.1) is 11.6 Å². The molecule has 4 unspecified atom stereocenters. The van der Waals surface area contributed by atoms with Crippen LogP contribution in [0.1, 0.15) is 44.9 Å². The molecule has 0 heterocycles. The van der Waals surface area contributed by atoms with Gasteiger partial charge in [0.05, 0.1) is 0 Å². The predicted octanol–water partition coefficient (Wildman–Crippen LogP) is 2.66. The van der Waals surface area contributed by atoms with Crippen molar-refractivity contribution in [2.45, 2.75) is 51.0 Å². The summed E-state index contributed by atoms with van der Waals surface area (Å²) < 4.78 is 0. The van der Waals surface area contributed by atoms with E-state index in [1.165, 1.54) is 32.1 Å². The van der Waals surface area contributed by atoms with E-state index in [0.29, 0.717) is 6.04 Å². The second-order valence-corrected chi connectivity index (χ2v) is 5.74. The van der Waals surface area contributed by atoms with E-state index in [0.717, 1.165) is 36.5 Å². The Morgan fingerprint density at radius 1 is 1.33 bits per heavy atom. The molecule has 0 amide bonds. The van der Waals surface area contributed by atoms with Crippen LogP contribution in [-0.2, 0) is 0 Å². The number of hydrazine groups is 1. The lowest BCUT2D eigenvalue weighted by Crippen LogP contribution is -2.37. The third-order valence-electron chi connectivity index (χ3n) is 4.39. The first kappa shape index (κ1) is 11.7. The summed E-state index contributed by atoms with van der Waals surface area (Å²) in [6.07, 6.45) is 9.41. The third kappa shape index (κ3) is 2.86. The van der Waals surface area contributed by atoms with Gasteiger partial charge in [-0.25, -0.2) is 0 Å². The van der Waals surface area contributed by atoms with E-state index in [9.17, 15) is 0 Å². The molecular formula is C12H23ClN2. The number of fused-ring (bicyclic) bond motifs is 2. The fraction of sp³-hybridized carbons (Fsp3) is 1.00. The molecule has 3 N–H and O–H groups in total. The summed E-state index contributed by atoms with van der Waals surface area (Å²) in [4.78, 5) is 0. The summed E-state index contributed by atoms with van der Waals surface area (Å²) in [7, 11) is 0. The van der Waals surface area contributed by atoms with Gasteiger partial charge < -0.3 is 0 Å². The van der Waals surface area contributed by atoms with Crippen molar-refractivity contribution in [3.05, 3.63) is 0 Å². The fourth-order valence-corrected chi connectivity index (χ4v) is 3.78. The zero-order valence-electron chi connectivity index (χ0n) is 9.42. The quantitative estimate of drug-likeness (QED) is 0.418. The molecule has 0 aromatic heterocycles. The van der Waals surface area contributed by atoms with Crippen molar-refractivity contribution in [1.29, 1.82) is 0 Å². The van der Waals surface area contributed by atoms with Gasteiger partial charge in [-0.3, -0.25) is 11.3 Å². The number of nitrogens with two attached hydrogens (primary N) is 1. The molecule has 0 spiro atoms. The number of hydrogen-bond acceptors (Lipinski definition) is 2. The third-order valence-corrected chi connectivity index (χ3v) is 4.66. The first-order chi connectivity index (χ1) is 7.33. The van der Waals surface area contributed by atoms with Crippen LogP contribution in [0.25, 0.3) is 0 Å². The van der Waals surface area contributed by atoms with Gasteiger partial charge in [-0.05, 0) is 56.3 Å². The molecule has 0 aliphatic heterocycles. The summed E-state index contributed by atoms with van der Waals surface area (Å²) in [5.41, 5.74) is 2.96. The van der Waals surface area contributed by atoms with Gasteiger partial charge >= 0.3 is 0 Å². The van der Waals surface area contributed by atoms with E-state index in [1.807, 2.05) is 0 Å². The van der Waals surface area contributed by atoms with Gasteiger partial charge in [-0.1, -0.05) is 6.42 Å². The van der Waals surface area contributed by atoms with Crippen LogP contribution >= 0.6 is 11.6 Å². The van der Waals surface area contributed by atoms with Crippen molar-refractivity contribution in [3.63, 3.8) is 0 Å². The lowest BCUT2D eigenvalue weighted by atomic mass is 9.83. The second-order valence-electron chi connectivity index (χ2n) is 5.37. The molecule has 0 radical (unpaired) electrons. The molecule has 2 saturated carbocycles. The SMILES string of the molecule is NNC(CCCCl)CC1CC2CCC1C2. The molecule has 2 nitrogen and oxygen atoms in total. The molecule has 4 atom stereocenters. The fourth-order valence-electron chi connectivity index (χ4n) is 3.62. The second kappa shape index (κ2) is 5.51. The van der Waals surface area contributed by atoms with Crippen LogP contribution in [0.3, 0.4) is 0 Å². The van der Waals surface area contributed by atoms with Crippen molar-refractivity contribution >= 4 is 11.6 Å². The van der Waals surface area contributed by atoms with E-state index in [4.69, 9.17) is 17.4 Å². The van der Waals surface area contributed by atoms with Crippen LogP contribution in [0.15, 0.2) is 0 Å². The lowest BCUT2D eigenvalue weighted by Gasteiger charge is -2.26. The lowest BCUT2D eigenvalue weighted by molar-refractivity contribution is 0.272. The first-order valence-electron chi connectivity index (χ1n) is 6.35. The van der Waals surface area contributed by atoms with Crippen LogP contribution in [0.2, 0.25) is 0 Å². The zero-order chi connectivity index (χ0) is 10.7. The molecule has 2 aliphatic carbocycles. The Bertz CT molecular complexity index is 198. The molecule has 2 aliphatic rings. The molecule has 0 aromatic carbocycles. The Morgan fingerprint density at radius 2 is 2.20 bits per heavy atom. The number of nitrogens with one attached hydrogen (secondary N) is 1. The highest BCUT2D eigenvalue weighted by molar-refractivity contribution is 6.17. The van der Waals surface area contributed by atoms with Gasteiger partial charge in [-0.2, -0.15) is 0 Å². The molecule has 88 valence electrons. The standard InChI is InChI=1S/C12H23ClN2/c13-5-1-2-12(15-14)8-11-7-9-3-4-10(11)6-9/h9-12,15H,1-8,14H2. The Hall–Kier alpha value is 0.210.